The standard InChI is InChI=1S/C22H45NO/c1-8-13-16-17-20(24)23(21(6,11-4)18-14-9-2)22(7,12-5)19-15-10-3/h8-19H2,1-7H3. The molecule has 144 valence electrons. The van der Waals surface area contributed by atoms with Crippen LogP contribution in [-0.2, 0) is 4.79 Å². The van der Waals surface area contributed by atoms with Gasteiger partial charge in [-0.1, -0.05) is 73.1 Å². The van der Waals surface area contributed by atoms with E-state index in [1.54, 1.807) is 0 Å². The fourth-order valence-electron chi connectivity index (χ4n) is 3.90. The van der Waals surface area contributed by atoms with Crippen LogP contribution in [0.1, 0.15) is 126 Å². The van der Waals surface area contributed by atoms with Crippen LogP contribution in [0.4, 0.5) is 0 Å². The average molecular weight is 340 g/mol. The lowest BCUT2D eigenvalue weighted by Gasteiger charge is -2.52. The van der Waals surface area contributed by atoms with Gasteiger partial charge in [0, 0.05) is 17.5 Å². The second kappa shape index (κ2) is 11.9. The molecule has 1 amide bonds. The van der Waals surface area contributed by atoms with Gasteiger partial charge in [-0.2, -0.15) is 0 Å². The smallest absolute Gasteiger partial charge is 0.223 e. The summed E-state index contributed by atoms with van der Waals surface area (Å²) < 4.78 is 0. The molecule has 0 fully saturated rings. The number of carbonyl (C=O) groups excluding carboxylic acids is 1. The van der Waals surface area contributed by atoms with Gasteiger partial charge in [0.25, 0.3) is 0 Å². The third kappa shape index (κ3) is 6.76. The van der Waals surface area contributed by atoms with Crippen LogP contribution in [0.5, 0.6) is 0 Å². The van der Waals surface area contributed by atoms with Crippen LogP contribution in [0.25, 0.3) is 0 Å². The van der Waals surface area contributed by atoms with Crippen LogP contribution >= 0.6 is 0 Å². The SMILES string of the molecule is CCCCCC(=O)N(C(C)(CC)CCCC)C(C)(CC)CCCC. The predicted octanol–water partition coefficient (Wildman–Crippen LogP) is 7.11. The molecule has 0 aliphatic heterocycles. The Morgan fingerprint density at radius 3 is 1.46 bits per heavy atom. The van der Waals surface area contributed by atoms with E-state index in [1.807, 2.05) is 0 Å². The van der Waals surface area contributed by atoms with E-state index in [1.165, 1.54) is 32.1 Å². The Balaban J connectivity index is 5.56. The summed E-state index contributed by atoms with van der Waals surface area (Å²) in [4.78, 5) is 15.6. The summed E-state index contributed by atoms with van der Waals surface area (Å²) in [7, 11) is 0. The summed E-state index contributed by atoms with van der Waals surface area (Å²) in [5.41, 5.74) is -0.00435. The summed E-state index contributed by atoms with van der Waals surface area (Å²) in [6.45, 7) is 15.9. The number of unbranched alkanes of at least 4 members (excludes halogenated alkanes) is 4. The van der Waals surface area contributed by atoms with Gasteiger partial charge in [0.1, 0.15) is 0 Å². The second-order valence-electron chi connectivity index (χ2n) is 8.09. The van der Waals surface area contributed by atoms with Crippen LogP contribution in [0.15, 0.2) is 0 Å². The van der Waals surface area contributed by atoms with E-state index in [0.29, 0.717) is 5.91 Å². The molecule has 2 heteroatoms. The Labute approximate surface area is 152 Å². The molecular formula is C22H45NO. The van der Waals surface area contributed by atoms with E-state index >= 15 is 0 Å². The van der Waals surface area contributed by atoms with Gasteiger partial charge >= 0.3 is 0 Å². The fourth-order valence-corrected chi connectivity index (χ4v) is 3.90. The number of carbonyl (C=O) groups is 1. The molecule has 0 aromatic heterocycles. The Kier molecular flexibility index (Phi) is 11.7. The van der Waals surface area contributed by atoms with E-state index in [2.05, 4.69) is 53.4 Å². The van der Waals surface area contributed by atoms with E-state index < -0.39 is 0 Å². The molecule has 0 radical (unpaired) electrons. The van der Waals surface area contributed by atoms with Crippen molar-refractivity contribution < 1.29 is 4.79 Å². The summed E-state index contributed by atoms with van der Waals surface area (Å²) in [6, 6.07) is 0. The molecule has 0 aliphatic carbocycles. The van der Waals surface area contributed by atoms with Crippen molar-refractivity contribution in [1.82, 2.24) is 4.90 Å². The van der Waals surface area contributed by atoms with Gasteiger partial charge in [-0.3, -0.25) is 4.79 Å². The Hall–Kier alpha value is -0.530. The zero-order valence-corrected chi connectivity index (χ0v) is 17.8. The molecule has 0 saturated carbocycles. The van der Waals surface area contributed by atoms with Crippen molar-refractivity contribution in [3.63, 3.8) is 0 Å². The first-order chi connectivity index (χ1) is 11.3. The molecule has 0 N–H and O–H groups in total. The molecule has 2 atom stereocenters. The maximum Gasteiger partial charge on any atom is 0.223 e. The van der Waals surface area contributed by atoms with Crippen molar-refractivity contribution in [1.29, 1.82) is 0 Å². The minimum atomic E-state index is -0.00217. The molecule has 2 unspecified atom stereocenters. The van der Waals surface area contributed by atoms with E-state index in [4.69, 9.17) is 0 Å². The second-order valence-corrected chi connectivity index (χ2v) is 8.09. The van der Waals surface area contributed by atoms with Gasteiger partial charge in [-0.15, -0.1) is 0 Å². The Bertz CT molecular complexity index is 319. The minimum absolute atomic E-state index is 0.00217. The number of nitrogens with zero attached hydrogens (tertiary/aromatic N) is 1. The van der Waals surface area contributed by atoms with Crippen LogP contribution in [-0.4, -0.2) is 21.9 Å². The molecule has 0 aromatic rings. The summed E-state index contributed by atoms with van der Waals surface area (Å²) in [5, 5.41) is 0. The van der Waals surface area contributed by atoms with Gasteiger partial charge in [0.2, 0.25) is 5.91 Å². The topological polar surface area (TPSA) is 20.3 Å². The van der Waals surface area contributed by atoms with Crippen molar-refractivity contribution in [2.75, 3.05) is 0 Å². The van der Waals surface area contributed by atoms with E-state index in [-0.39, 0.29) is 11.1 Å². The van der Waals surface area contributed by atoms with Crippen molar-refractivity contribution in [3.8, 4) is 0 Å². The summed E-state index contributed by atoms with van der Waals surface area (Å²) in [5.74, 6) is 0.393. The van der Waals surface area contributed by atoms with Gasteiger partial charge in [0.05, 0.1) is 0 Å². The van der Waals surface area contributed by atoms with Gasteiger partial charge in [-0.25, -0.2) is 0 Å². The first-order valence-electron chi connectivity index (χ1n) is 10.7. The minimum Gasteiger partial charge on any atom is -0.332 e. The molecule has 0 rings (SSSR count). The molecule has 0 saturated heterocycles. The third-order valence-corrected chi connectivity index (χ3v) is 5.98. The van der Waals surface area contributed by atoms with Gasteiger partial charge in [0.15, 0.2) is 0 Å². The lowest BCUT2D eigenvalue weighted by Crippen LogP contribution is -2.60. The van der Waals surface area contributed by atoms with Gasteiger partial charge < -0.3 is 4.90 Å². The monoisotopic (exact) mass is 339 g/mol. The predicted molar refractivity (Wildman–Crippen MR) is 107 cm³/mol. The molecule has 0 bridgehead atoms. The van der Waals surface area contributed by atoms with Crippen molar-refractivity contribution in [2.45, 2.75) is 137 Å². The molecule has 0 aliphatic rings. The van der Waals surface area contributed by atoms with Crippen LogP contribution < -0.4 is 0 Å². The highest BCUT2D eigenvalue weighted by molar-refractivity contribution is 5.78. The van der Waals surface area contributed by atoms with Crippen LogP contribution in [0.3, 0.4) is 0 Å². The lowest BCUT2D eigenvalue weighted by atomic mass is 9.80. The van der Waals surface area contributed by atoms with Crippen molar-refractivity contribution >= 4 is 5.91 Å². The number of hydrogen-bond acceptors (Lipinski definition) is 1. The van der Waals surface area contributed by atoms with E-state index in [0.717, 1.165) is 44.9 Å². The highest BCUT2D eigenvalue weighted by Gasteiger charge is 2.43. The Morgan fingerprint density at radius 1 is 0.708 bits per heavy atom. The first kappa shape index (κ1) is 23.5. The lowest BCUT2D eigenvalue weighted by molar-refractivity contribution is -0.148. The maximum atomic E-state index is 13.3. The largest absolute Gasteiger partial charge is 0.332 e. The first-order valence-corrected chi connectivity index (χ1v) is 10.7. The maximum absolute atomic E-state index is 13.3. The van der Waals surface area contributed by atoms with Crippen LogP contribution in [0, 0.1) is 0 Å². The number of hydrogen-bond donors (Lipinski definition) is 0. The molecular weight excluding hydrogens is 294 g/mol. The van der Waals surface area contributed by atoms with E-state index in [9.17, 15) is 4.79 Å². The Morgan fingerprint density at radius 2 is 1.12 bits per heavy atom. The average Bonchev–Trinajstić information content (AvgIpc) is 2.58. The fraction of sp³-hybridized carbons (Fsp3) is 0.955. The molecule has 2 nitrogen and oxygen atoms in total. The number of amides is 1. The summed E-state index contributed by atoms with van der Waals surface area (Å²) in [6.07, 6.45) is 13.3. The zero-order chi connectivity index (χ0) is 18.6. The van der Waals surface area contributed by atoms with Gasteiger partial charge in [-0.05, 0) is 46.0 Å². The van der Waals surface area contributed by atoms with Crippen LogP contribution in [0.2, 0.25) is 0 Å². The highest BCUT2D eigenvalue weighted by atomic mass is 16.2. The summed E-state index contributed by atoms with van der Waals surface area (Å²) >= 11 is 0. The van der Waals surface area contributed by atoms with Crippen molar-refractivity contribution in [2.24, 2.45) is 0 Å². The quantitative estimate of drug-likeness (QED) is 0.309. The molecule has 0 heterocycles. The molecule has 24 heavy (non-hydrogen) atoms. The zero-order valence-electron chi connectivity index (χ0n) is 17.8. The van der Waals surface area contributed by atoms with Crippen molar-refractivity contribution in [3.05, 3.63) is 0 Å². The molecule has 0 spiro atoms. The normalized spacial score (nSPS) is 16.5. The third-order valence-electron chi connectivity index (χ3n) is 5.98. The molecule has 0 aromatic carbocycles. The highest BCUT2D eigenvalue weighted by Crippen LogP contribution is 2.38. The number of rotatable bonds is 14.